The van der Waals surface area contributed by atoms with E-state index in [4.69, 9.17) is 0 Å². The van der Waals surface area contributed by atoms with Crippen molar-refractivity contribution in [1.29, 1.82) is 0 Å². The number of nitrogens with one attached hydrogen (secondary N) is 2. The summed E-state index contributed by atoms with van der Waals surface area (Å²) in [5, 5.41) is 14.7. The van der Waals surface area contributed by atoms with Gasteiger partial charge in [0.15, 0.2) is 11.6 Å². The van der Waals surface area contributed by atoms with Gasteiger partial charge in [-0.1, -0.05) is 38.1 Å². The second-order valence-corrected chi connectivity index (χ2v) is 7.56. The fourth-order valence-electron chi connectivity index (χ4n) is 3.41. The van der Waals surface area contributed by atoms with Crippen LogP contribution in [0.5, 0.6) is 0 Å². The highest BCUT2D eigenvalue weighted by molar-refractivity contribution is 6.31. The minimum Gasteiger partial charge on any atom is -0.388 e. The molecule has 0 unspecified atom stereocenters. The number of ketones is 2. The molecule has 1 aliphatic carbocycles. The number of benzene rings is 2. The van der Waals surface area contributed by atoms with E-state index in [0.717, 1.165) is 19.4 Å². The van der Waals surface area contributed by atoms with Crippen molar-refractivity contribution in [2.75, 3.05) is 37.3 Å². The molecule has 0 fully saturated rings. The molecule has 0 spiro atoms. The highest BCUT2D eigenvalue weighted by Crippen LogP contribution is 2.36. The lowest BCUT2D eigenvalue weighted by atomic mass is 9.82. The van der Waals surface area contributed by atoms with Gasteiger partial charge in [0.1, 0.15) is 0 Å². The molecule has 0 amide bonds. The molecule has 0 heterocycles. The van der Waals surface area contributed by atoms with Crippen LogP contribution >= 0.6 is 0 Å². The Balaban J connectivity index is 1.73. The zero-order valence-electron chi connectivity index (χ0n) is 17.3. The average Bonchev–Trinajstić information content (AvgIpc) is 2.73. The SMILES string of the molecule is CNc1ccc(NCCCN=NCCC(C)C)c2c1C(=O)c1ccccc1C2=O. The Kier molecular flexibility index (Phi) is 6.75. The van der Waals surface area contributed by atoms with E-state index >= 15 is 0 Å². The zero-order valence-corrected chi connectivity index (χ0v) is 17.3. The van der Waals surface area contributed by atoms with Crippen LogP contribution in [0.15, 0.2) is 46.6 Å². The third-order valence-electron chi connectivity index (χ3n) is 5.00. The molecule has 2 aromatic rings. The Labute approximate surface area is 171 Å². The lowest BCUT2D eigenvalue weighted by Crippen LogP contribution is -2.24. The second-order valence-electron chi connectivity index (χ2n) is 7.56. The third-order valence-corrected chi connectivity index (χ3v) is 5.00. The zero-order chi connectivity index (χ0) is 20.8. The summed E-state index contributed by atoms with van der Waals surface area (Å²) < 4.78 is 0. The normalized spacial score (nSPS) is 13.0. The minimum atomic E-state index is -0.123. The van der Waals surface area contributed by atoms with Crippen molar-refractivity contribution in [2.45, 2.75) is 26.7 Å². The van der Waals surface area contributed by atoms with E-state index in [1.807, 2.05) is 12.1 Å². The molecule has 3 rings (SSSR count). The molecule has 6 nitrogen and oxygen atoms in total. The quantitative estimate of drug-likeness (QED) is 0.405. The summed E-state index contributed by atoms with van der Waals surface area (Å²) >= 11 is 0. The van der Waals surface area contributed by atoms with E-state index in [-0.39, 0.29) is 11.6 Å². The van der Waals surface area contributed by atoms with E-state index in [9.17, 15) is 9.59 Å². The van der Waals surface area contributed by atoms with Crippen molar-refractivity contribution in [3.63, 3.8) is 0 Å². The van der Waals surface area contributed by atoms with Gasteiger partial charge < -0.3 is 10.6 Å². The Hall–Kier alpha value is -3.02. The van der Waals surface area contributed by atoms with Gasteiger partial charge in [-0.3, -0.25) is 9.59 Å². The lowest BCUT2D eigenvalue weighted by Gasteiger charge is -2.23. The van der Waals surface area contributed by atoms with Crippen LogP contribution in [0.25, 0.3) is 0 Å². The number of nitrogens with zero attached hydrogens (tertiary/aromatic N) is 2. The molecule has 6 heteroatoms. The molecule has 2 aromatic carbocycles. The highest BCUT2D eigenvalue weighted by Gasteiger charge is 2.33. The molecular weight excluding hydrogens is 364 g/mol. The van der Waals surface area contributed by atoms with Gasteiger partial charge in [-0.05, 0) is 30.9 Å². The average molecular weight is 393 g/mol. The van der Waals surface area contributed by atoms with E-state index in [1.165, 1.54) is 0 Å². The minimum absolute atomic E-state index is 0.122. The summed E-state index contributed by atoms with van der Waals surface area (Å²) in [4.78, 5) is 26.2. The van der Waals surface area contributed by atoms with Crippen molar-refractivity contribution in [3.05, 3.63) is 58.7 Å². The maximum Gasteiger partial charge on any atom is 0.196 e. The molecule has 0 radical (unpaired) electrons. The molecule has 0 aliphatic heterocycles. The summed E-state index contributed by atoms with van der Waals surface area (Å²) in [6, 6.07) is 10.7. The van der Waals surface area contributed by atoms with Crippen molar-refractivity contribution in [3.8, 4) is 0 Å². The number of hydrogen-bond acceptors (Lipinski definition) is 6. The van der Waals surface area contributed by atoms with E-state index in [2.05, 4.69) is 34.7 Å². The maximum absolute atomic E-state index is 13.2. The van der Waals surface area contributed by atoms with Gasteiger partial charge in [0.2, 0.25) is 0 Å². The number of fused-ring (bicyclic) bond motifs is 2. The molecule has 1 aliphatic rings. The van der Waals surface area contributed by atoms with E-state index in [0.29, 0.717) is 52.6 Å². The van der Waals surface area contributed by atoms with Crippen LogP contribution in [-0.4, -0.2) is 38.2 Å². The molecule has 0 bridgehead atoms. The highest BCUT2D eigenvalue weighted by atomic mass is 16.1. The van der Waals surface area contributed by atoms with Gasteiger partial charge >= 0.3 is 0 Å². The lowest BCUT2D eigenvalue weighted by molar-refractivity contribution is 0.0980. The first-order chi connectivity index (χ1) is 14.0. The number of hydrogen-bond donors (Lipinski definition) is 2. The van der Waals surface area contributed by atoms with Crippen LogP contribution in [0.2, 0.25) is 0 Å². The summed E-state index contributed by atoms with van der Waals surface area (Å²) in [5.41, 5.74) is 3.15. The fourth-order valence-corrected chi connectivity index (χ4v) is 3.41. The van der Waals surface area contributed by atoms with Crippen molar-refractivity contribution in [2.24, 2.45) is 16.1 Å². The molecule has 0 aromatic heterocycles. The summed E-state index contributed by atoms with van der Waals surface area (Å²) in [7, 11) is 1.76. The van der Waals surface area contributed by atoms with Gasteiger partial charge in [-0.2, -0.15) is 10.2 Å². The van der Waals surface area contributed by atoms with Gasteiger partial charge in [0, 0.05) is 36.1 Å². The van der Waals surface area contributed by atoms with Crippen molar-refractivity contribution < 1.29 is 9.59 Å². The standard InChI is InChI=1S/C23H28N4O2/c1-15(2)11-14-27-26-13-6-12-25-19-10-9-18(24-3)20-21(19)23(29)17-8-5-4-7-16(17)22(20)28/h4-5,7-10,15,24-25H,6,11-14H2,1-3H3. The van der Waals surface area contributed by atoms with Gasteiger partial charge in [0.05, 0.1) is 24.2 Å². The Morgan fingerprint density at radius 2 is 1.45 bits per heavy atom. The molecule has 0 saturated heterocycles. The van der Waals surface area contributed by atoms with Crippen LogP contribution in [0.4, 0.5) is 11.4 Å². The smallest absolute Gasteiger partial charge is 0.196 e. The van der Waals surface area contributed by atoms with Gasteiger partial charge in [-0.15, -0.1) is 0 Å². The van der Waals surface area contributed by atoms with Crippen LogP contribution in [-0.2, 0) is 0 Å². The number of carbonyl (C=O) groups is 2. The van der Waals surface area contributed by atoms with Crippen molar-refractivity contribution >= 4 is 22.9 Å². The van der Waals surface area contributed by atoms with Gasteiger partial charge in [-0.25, -0.2) is 0 Å². The number of rotatable bonds is 9. The van der Waals surface area contributed by atoms with Crippen LogP contribution in [0.1, 0.15) is 58.5 Å². The Bertz CT molecular complexity index is 934. The summed E-state index contributed by atoms with van der Waals surface area (Å²) in [5.74, 6) is 0.387. The number of carbonyl (C=O) groups excluding carboxylic acids is 2. The predicted molar refractivity (Wildman–Crippen MR) is 116 cm³/mol. The largest absolute Gasteiger partial charge is 0.388 e. The third kappa shape index (κ3) is 4.53. The summed E-state index contributed by atoms with van der Waals surface area (Å²) in [6.45, 7) is 6.39. The van der Waals surface area contributed by atoms with Crippen LogP contribution in [0, 0.1) is 5.92 Å². The van der Waals surface area contributed by atoms with Crippen LogP contribution < -0.4 is 10.6 Å². The van der Waals surface area contributed by atoms with E-state index < -0.39 is 0 Å². The predicted octanol–water partition coefficient (Wildman–Crippen LogP) is 4.80. The maximum atomic E-state index is 13.2. The molecule has 0 atom stereocenters. The summed E-state index contributed by atoms with van der Waals surface area (Å²) in [6.07, 6.45) is 1.84. The first-order valence-electron chi connectivity index (χ1n) is 10.1. The first-order valence-corrected chi connectivity index (χ1v) is 10.1. The van der Waals surface area contributed by atoms with Crippen LogP contribution in [0.3, 0.4) is 0 Å². The number of anilines is 2. The number of azo groups is 1. The first kappa shape index (κ1) is 20.7. The second kappa shape index (κ2) is 9.45. The molecule has 29 heavy (non-hydrogen) atoms. The Morgan fingerprint density at radius 1 is 0.862 bits per heavy atom. The fraction of sp³-hybridized carbons (Fsp3) is 0.391. The molecule has 2 N–H and O–H groups in total. The Morgan fingerprint density at radius 3 is 2.07 bits per heavy atom. The van der Waals surface area contributed by atoms with Crippen molar-refractivity contribution in [1.82, 2.24) is 0 Å². The van der Waals surface area contributed by atoms with Gasteiger partial charge in [0.25, 0.3) is 0 Å². The topological polar surface area (TPSA) is 82.9 Å². The molecular formula is C23H28N4O2. The molecule has 0 saturated carbocycles. The van der Waals surface area contributed by atoms with E-state index in [1.54, 1.807) is 31.3 Å². The molecule has 152 valence electrons. The monoisotopic (exact) mass is 392 g/mol.